The van der Waals surface area contributed by atoms with E-state index in [1.807, 2.05) is 36.5 Å². The molecule has 30 heavy (non-hydrogen) atoms. The average Bonchev–Trinajstić information content (AvgIpc) is 2.81. The van der Waals surface area contributed by atoms with Crippen molar-refractivity contribution in [2.45, 2.75) is 46.6 Å². The molecule has 3 aromatic rings. The molecule has 0 aliphatic rings. The molecule has 0 saturated carbocycles. The predicted molar refractivity (Wildman–Crippen MR) is 122 cm³/mol. The molecule has 0 aliphatic carbocycles. The molecular formula is C26H31NO3. The summed E-state index contributed by atoms with van der Waals surface area (Å²) in [6, 6.07) is 16.2. The Labute approximate surface area is 179 Å². The molecule has 0 amide bonds. The van der Waals surface area contributed by atoms with Crippen molar-refractivity contribution in [1.29, 1.82) is 0 Å². The molecule has 0 fully saturated rings. The highest BCUT2D eigenvalue weighted by Crippen LogP contribution is 2.31. The second kappa shape index (κ2) is 10.7. The minimum atomic E-state index is 0.391. The molecule has 0 N–H and O–H groups in total. The summed E-state index contributed by atoms with van der Waals surface area (Å²) < 4.78 is 17.2. The number of pyridine rings is 1. The van der Waals surface area contributed by atoms with Crippen LogP contribution in [0.15, 0.2) is 54.7 Å². The Kier molecular flexibility index (Phi) is 7.72. The largest absolute Gasteiger partial charge is 0.496 e. The first-order valence-corrected chi connectivity index (χ1v) is 10.7. The standard InChI is InChI=1S/C26H31NO3/c1-5-15-29-22-11-13-23(14-12-22)30-18-21-17-27-24(16-25(21)28-4)26-19(6-2)9-8-10-20(26)7-3/h8-14,16-17H,5-7,15,18H2,1-4H3. The Morgan fingerprint density at radius 3 is 2.00 bits per heavy atom. The van der Waals surface area contributed by atoms with Gasteiger partial charge in [-0.1, -0.05) is 39.0 Å². The minimum absolute atomic E-state index is 0.391. The fourth-order valence-electron chi connectivity index (χ4n) is 3.49. The van der Waals surface area contributed by atoms with E-state index in [4.69, 9.17) is 19.2 Å². The lowest BCUT2D eigenvalue weighted by atomic mass is 9.94. The maximum absolute atomic E-state index is 5.95. The number of benzene rings is 2. The topological polar surface area (TPSA) is 40.6 Å². The molecule has 2 aromatic carbocycles. The van der Waals surface area contributed by atoms with Crippen molar-refractivity contribution in [3.63, 3.8) is 0 Å². The van der Waals surface area contributed by atoms with Gasteiger partial charge < -0.3 is 14.2 Å². The fourth-order valence-corrected chi connectivity index (χ4v) is 3.49. The van der Waals surface area contributed by atoms with Crippen LogP contribution in [-0.2, 0) is 19.4 Å². The van der Waals surface area contributed by atoms with Crippen molar-refractivity contribution in [1.82, 2.24) is 4.98 Å². The lowest BCUT2D eigenvalue weighted by molar-refractivity contribution is 0.293. The lowest BCUT2D eigenvalue weighted by Crippen LogP contribution is -2.02. The molecule has 0 saturated heterocycles. The minimum Gasteiger partial charge on any atom is -0.496 e. The van der Waals surface area contributed by atoms with Gasteiger partial charge in [-0.3, -0.25) is 4.98 Å². The Balaban J connectivity index is 1.78. The van der Waals surface area contributed by atoms with Crippen LogP contribution in [0.4, 0.5) is 0 Å². The first-order chi connectivity index (χ1) is 14.7. The van der Waals surface area contributed by atoms with Crippen molar-refractivity contribution >= 4 is 0 Å². The maximum Gasteiger partial charge on any atom is 0.129 e. The molecular weight excluding hydrogens is 374 g/mol. The van der Waals surface area contributed by atoms with Crippen LogP contribution < -0.4 is 14.2 Å². The van der Waals surface area contributed by atoms with Crippen molar-refractivity contribution in [2.24, 2.45) is 0 Å². The van der Waals surface area contributed by atoms with Gasteiger partial charge in [0, 0.05) is 23.4 Å². The molecule has 0 bridgehead atoms. The predicted octanol–water partition coefficient (Wildman–Crippen LogP) is 6.25. The van der Waals surface area contributed by atoms with E-state index in [1.165, 1.54) is 16.7 Å². The Hall–Kier alpha value is -3.01. The highest BCUT2D eigenvalue weighted by atomic mass is 16.5. The Morgan fingerprint density at radius 2 is 1.43 bits per heavy atom. The van der Waals surface area contributed by atoms with Gasteiger partial charge in [-0.15, -0.1) is 0 Å². The van der Waals surface area contributed by atoms with Gasteiger partial charge in [-0.25, -0.2) is 0 Å². The summed E-state index contributed by atoms with van der Waals surface area (Å²) >= 11 is 0. The quantitative estimate of drug-likeness (QED) is 0.400. The highest BCUT2D eigenvalue weighted by Gasteiger charge is 2.14. The average molecular weight is 406 g/mol. The molecule has 0 unspecified atom stereocenters. The summed E-state index contributed by atoms with van der Waals surface area (Å²) in [7, 11) is 1.69. The first-order valence-electron chi connectivity index (χ1n) is 10.7. The monoisotopic (exact) mass is 405 g/mol. The third-order valence-electron chi connectivity index (χ3n) is 5.11. The molecule has 3 rings (SSSR count). The number of ether oxygens (including phenoxy) is 3. The molecule has 0 radical (unpaired) electrons. The van der Waals surface area contributed by atoms with Gasteiger partial charge >= 0.3 is 0 Å². The summed E-state index contributed by atoms with van der Waals surface area (Å²) in [6.45, 7) is 7.55. The zero-order chi connectivity index (χ0) is 21.3. The van der Waals surface area contributed by atoms with Crippen LogP contribution in [0, 0.1) is 0 Å². The lowest BCUT2D eigenvalue weighted by Gasteiger charge is -2.15. The van der Waals surface area contributed by atoms with Crippen LogP contribution in [0.25, 0.3) is 11.3 Å². The van der Waals surface area contributed by atoms with E-state index in [1.54, 1.807) is 7.11 Å². The van der Waals surface area contributed by atoms with Gasteiger partial charge in [0.15, 0.2) is 0 Å². The second-order valence-electron chi connectivity index (χ2n) is 7.15. The number of aryl methyl sites for hydroxylation is 2. The zero-order valence-corrected chi connectivity index (χ0v) is 18.4. The van der Waals surface area contributed by atoms with Gasteiger partial charge in [0.05, 0.1) is 19.4 Å². The van der Waals surface area contributed by atoms with E-state index < -0.39 is 0 Å². The van der Waals surface area contributed by atoms with Crippen LogP contribution >= 0.6 is 0 Å². The zero-order valence-electron chi connectivity index (χ0n) is 18.4. The van der Waals surface area contributed by atoms with Crippen molar-refractivity contribution in [2.75, 3.05) is 13.7 Å². The van der Waals surface area contributed by atoms with Gasteiger partial charge in [-0.2, -0.15) is 0 Å². The van der Waals surface area contributed by atoms with E-state index in [9.17, 15) is 0 Å². The summed E-state index contributed by atoms with van der Waals surface area (Å²) in [5, 5.41) is 0. The third-order valence-corrected chi connectivity index (χ3v) is 5.11. The van der Waals surface area contributed by atoms with Gasteiger partial charge in [0.2, 0.25) is 0 Å². The highest BCUT2D eigenvalue weighted by molar-refractivity contribution is 5.69. The normalized spacial score (nSPS) is 10.7. The van der Waals surface area contributed by atoms with Crippen LogP contribution in [0.2, 0.25) is 0 Å². The smallest absolute Gasteiger partial charge is 0.129 e. The van der Waals surface area contributed by atoms with Crippen molar-refractivity contribution < 1.29 is 14.2 Å². The molecule has 1 heterocycles. The van der Waals surface area contributed by atoms with Gasteiger partial charge in [0.1, 0.15) is 23.9 Å². The fraction of sp³-hybridized carbons (Fsp3) is 0.346. The van der Waals surface area contributed by atoms with Crippen LogP contribution in [0.1, 0.15) is 43.9 Å². The second-order valence-corrected chi connectivity index (χ2v) is 7.15. The Morgan fingerprint density at radius 1 is 0.800 bits per heavy atom. The van der Waals surface area contributed by atoms with Gasteiger partial charge in [0.25, 0.3) is 0 Å². The molecule has 0 atom stereocenters. The van der Waals surface area contributed by atoms with E-state index in [0.29, 0.717) is 6.61 Å². The number of nitrogens with zero attached hydrogens (tertiary/aromatic N) is 1. The molecule has 4 heteroatoms. The van der Waals surface area contributed by atoms with Gasteiger partial charge in [-0.05, 0) is 54.7 Å². The Bertz CT molecular complexity index is 929. The number of methoxy groups -OCH3 is 1. The number of hydrogen-bond acceptors (Lipinski definition) is 4. The van der Waals surface area contributed by atoms with Crippen LogP contribution in [0.3, 0.4) is 0 Å². The molecule has 158 valence electrons. The molecule has 0 spiro atoms. The summed E-state index contributed by atoms with van der Waals surface area (Å²) in [4.78, 5) is 4.75. The van der Waals surface area contributed by atoms with E-state index in [-0.39, 0.29) is 0 Å². The molecule has 4 nitrogen and oxygen atoms in total. The third kappa shape index (κ3) is 5.12. The number of hydrogen-bond donors (Lipinski definition) is 0. The SMILES string of the molecule is CCCOc1ccc(OCc2cnc(-c3c(CC)cccc3CC)cc2OC)cc1. The summed E-state index contributed by atoms with van der Waals surface area (Å²) in [5.74, 6) is 2.43. The van der Waals surface area contributed by atoms with E-state index >= 15 is 0 Å². The molecule has 1 aromatic heterocycles. The molecule has 0 aliphatic heterocycles. The number of aromatic nitrogens is 1. The maximum atomic E-state index is 5.95. The van der Waals surface area contributed by atoms with Crippen LogP contribution in [-0.4, -0.2) is 18.7 Å². The van der Waals surface area contributed by atoms with Crippen LogP contribution in [0.5, 0.6) is 17.2 Å². The first kappa shape index (κ1) is 21.7. The summed E-state index contributed by atoms with van der Waals surface area (Å²) in [5.41, 5.74) is 5.69. The van der Waals surface area contributed by atoms with E-state index in [2.05, 4.69) is 39.0 Å². The summed E-state index contributed by atoms with van der Waals surface area (Å²) in [6.07, 6.45) is 4.79. The van der Waals surface area contributed by atoms with E-state index in [0.717, 1.165) is 54.4 Å². The van der Waals surface area contributed by atoms with Crippen molar-refractivity contribution in [3.8, 4) is 28.5 Å². The number of rotatable bonds is 10. The van der Waals surface area contributed by atoms with Crippen molar-refractivity contribution in [3.05, 3.63) is 71.4 Å².